The third-order valence-electron chi connectivity index (χ3n) is 9.86. The highest BCUT2D eigenvalue weighted by Crippen LogP contribution is 2.18. The van der Waals surface area contributed by atoms with Gasteiger partial charge in [-0.05, 0) is 56.9 Å². The van der Waals surface area contributed by atoms with Gasteiger partial charge >= 0.3 is 17.9 Å². The summed E-state index contributed by atoms with van der Waals surface area (Å²) >= 11 is 0. The first kappa shape index (κ1) is 52.8. The number of nitrogens with two attached hydrogens (primary N) is 1. The number of hydrogen-bond acceptors (Lipinski definition) is 13. The Kier molecular flexibility index (Phi) is 22.6. The highest BCUT2D eigenvalue weighted by Gasteiger charge is 2.35. The van der Waals surface area contributed by atoms with Crippen molar-refractivity contribution < 1.29 is 72.8 Å². The minimum atomic E-state index is -1.64. The zero-order valence-corrected chi connectivity index (χ0v) is 35.6. The summed E-state index contributed by atoms with van der Waals surface area (Å²) in [5.74, 6) is -8.80. The number of likely N-dealkylation sites (tertiary alicyclic amines) is 1. The maximum absolute atomic E-state index is 13.8. The smallest absolute Gasteiger partial charge is 0.303 e. The molecule has 1 fully saturated rings. The zero-order valence-electron chi connectivity index (χ0n) is 35.6. The second kappa shape index (κ2) is 26.9. The molecule has 0 spiro atoms. The van der Waals surface area contributed by atoms with Crippen molar-refractivity contribution in [2.75, 3.05) is 26.3 Å². The van der Waals surface area contributed by atoms with E-state index in [-0.39, 0.29) is 37.7 Å². The monoisotopic (exact) mass is 889 g/mol. The van der Waals surface area contributed by atoms with Crippen molar-refractivity contribution in [1.29, 1.82) is 0 Å². The first-order valence-electron chi connectivity index (χ1n) is 20.5. The van der Waals surface area contributed by atoms with Gasteiger partial charge in [0.05, 0.1) is 18.7 Å². The van der Waals surface area contributed by atoms with Crippen molar-refractivity contribution in [3.63, 3.8) is 0 Å². The first-order valence-corrected chi connectivity index (χ1v) is 20.5. The number of rotatable bonds is 29. The Hall–Kier alpha value is -6.29. The summed E-state index contributed by atoms with van der Waals surface area (Å²) in [5, 5.41) is 39.9. The number of aliphatic carboxylic acids is 3. The first-order chi connectivity index (χ1) is 29.7. The van der Waals surface area contributed by atoms with Crippen LogP contribution in [0, 0.1) is 5.92 Å². The molecule has 1 saturated heterocycles. The lowest BCUT2D eigenvalue weighted by molar-refractivity contribution is -0.142. The molecule has 0 radical (unpaired) electrons. The SMILES string of the molecule is CC(=O)c1ccc(C[C@H](NC(=O)[C@H](CCC(=O)O)NC(=O)[C@H](CCC(=O)O)NC(=O)[C@@H](N)CCC(=O)O)C(=O)NCCOCC(=O)N2CCC[C@H]2C(=O)N[C@H](C=O)CC(C)C)cc1. The Morgan fingerprint density at radius 1 is 0.778 bits per heavy atom. The summed E-state index contributed by atoms with van der Waals surface area (Å²) in [6.07, 6.45) is -1.18. The third kappa shape index (κ3) is 19.5. The van der Waals surface area contributed by atoms with Gasteiger partial charge in [-0.15, -0.1) is 0 Å². The van der Waals surface area contributed by atoms with Crippen LogP contribution in [0.5, 0.6) is 0 Å². The summed E-state index contributed by atoms with van der Waals surface area (Å²) < 4.78 is 5.50. The van der Waals surface area contributed by atoms with Crippen LogP contribution in [0.2, 0.25) is 0 Å². The van der Waals surface area contributed by atoms with Crippen molar-refractivity contribution >= 4 is 65.4 Å². The van der Waals surface area contributed by atoms with Crippen LogP contribution in [0.1, 0.15) is 94.5 Å². The highest BCUT2D eigenvalue weighted by atomic mass is 16.5. The molecule has 0 aromatic heterocycles. The molecule has 10 N–H and O–H groups in total. The Morgan fingerprint density at radius 2 is 1.32 bits per heavy atom. The van der Waals surface area contributed by atoms with Crippen molar-refractivity contribution in [2.24, 2.45) is 11.7 Å². The average molecular weight is 890 g/mol. The van der Waals surface area contributed by atoms with Gasteiger partial charge in [0.1, 0.15) is 37.1 Å². The predicted octanol–water partition coefficient (Wildman–Crippen LogP) is -1.34. The Balaban J connectivity index is 2.19. The number of Topliss-reactive ketones (excluding diaryl/α,β-unsaturated/α-hetero) is 1. The number of benzene rings is 1. The van der Waals surface area contributed by atoms with Crippen LogP contribution in [0.15, 0.2) is 24.3 Å². The van der Waals surface area contributed by atoms with Gasteiger partial charge in [-0.3, -0.25) is 47.9 Å². The molecule has 2 rings (SSSR count). The van der Waals surface area contributed by atoms with Crippen molar-refractivity contribution in [1.82, 2.24) is 31.5 Å². The van der Waals surface area contributed by atoms with Crippen molar-refractivity contribution in [3.05, 3.63) is 35.4 Å². The fourth-order valence-electron chi connectivity index (χ4n) is 6.51. The van der Waals surface area contributed by atoms with E-state index in [1.807, 2.05) is 13.8 Å². The van der Waals surface area contributed by atoms with Gasteiger partial charge in [-0.1, -0.05) is 38.1 Å². The van der Waals surface area contributed by atoms with Gasteiger partial charge in [-0.25, -0.2) is 0 Å². The topological polar surface area (TPSA) is 347 Å². The van der Waals surface area contributed by atoms with E-state index in [9.17, 15) is 63.0 Å². The fourth-order valence-corrected chi connectivity index (χ4v) is 6.51. The van der Waals surface area contributed by atoms with Crippen LogP contribution >= 0.6 is 0 Å². The highest BCUT2D eigenvalue weighted by molar-refractivity contribution is 5.96. The van der Waals surface area contributed by atoms with Crippen molar-refractivity contribution in [3.8, 4) is 0 Å². The molecule has 1 aliphatic rings. The Labute approximate surface area is 363 Å². The van der Waals surface area contributed by atoms with Gasteiger partial charge in [0.15, 0.2) is 5.78 Å². The molecule has 6 atom stereocenters. The lowest BCUT2D eigenvalue weighted by Gasteiger charge is -2.26. The van der Waals surface area contributed by atoms with Crippen LogP contribution in [0.25, 0.3) is 0 Å². The maximum Gasteiger partial charge on any atom is 0.303 e. The van der Waals surface area contributed by atoms with Gasteiger partial charge in [0, 0.05) is 44.3 Å². The number of amides is 6. The Bertz CT molecular complexity index is 1810. The number of carbonyl (C=O) groups excluding carboxylic acids is 8. The Morgan fingerprint density at radius 3 is 1.84 bits per heavy atom. The lowest BCUT2D eigenvalue weighted by atomic mass is 10.0. The standard InChI is InChI=1S/C41H59N7O15/c1-23(2)19-27(21-49)44-41(62)32-5-4-17-48(32)33(51)22-63-18-16-43-38(59)31(20-25-6-8-26(9-7-25)24(3)50)47-40(61)30(12-15-36(56)57)46-39(60)29(11-14-35(54)55)45-37(58)28(42)10-13-34(52)53/h6-9,21,23,27-32H,4-5,10-20,22,42H2,1-3H3,(H,43,59)(H,44,62)(H,45,58)(H,46,60)(H,47,61)(H,52,53)(H,54,55)(H,56,57)/t27-,28-,29-,30-,31-,32-/m0/s1. The molecule has 1 aromatic rings. The zero-order chi connectivity index (χ0) is 47.2. The molecule has 0 aliphatic carbocycles. The summed E-state index contributed by atoms with van der Waals surface area (Å²) in [6.45, 7) is 4.70. The predicted molar refractivity (Wildman–Crippen MR) is 221 cm³/mol. The fraction of sp³-hybridized carbons (Fsp3) is 0.585. The molecule has 0 saturated carbocycles. The molecule has 63 heavy (non-hydrogen) atoms. The van der Waals surface area contributed by atoms with Crippen LogP contribution in [0.3, 0.4) is 0 Å². The molecular formula is C41H59N7O15. The van der Waals surface area contributed by atoms with Crippen LogP contribution < -0.4 is 32.3 Å². The van der Waals surface area contributed by atoms with Gasteiger partial charge in [0.2, 0.25) is 35.4 Å². The molecule has 0 unspecified atom stereocenters. The lowest BCUT2D eigenvalue weighted by Crippen LogP contribution is -2.58. The number of ether oxygens (including phenoxy) is 1. The molecule has 1 aromatic carbocycles. The van der Waals surface area contributed by atoms with E-state index in [1.54, 1.807) is 12.1 Å². The number of nitrogens with one attached hydrogen (secondary N) is 5. The number of nitrogens with zero attached hydrogens (tertiary/aromatic N) is 1. The van der Waals surface area contributed by atoms with E-state index in [2.05, 4.69) is 26.6 Å². The van der Waals surface area contributed by atoms with E-state index in [1.165, 1.54) is 24.0 Å². The summed E-state index contributed by atoms with van der Waals surface area (Å²) in [5.41, 5.74) is 6.60. The largest absolute Gasteiger partial charge is 0.481 e. The summed E-state index contributed by atoms with van der Waals surface area (Å²) in [7, 11) is 0. The second-order valence-electron chi connectivity index (χ2n) is 15.5. The van der Waals surface area contributed by atoms with Gasteiger partial charge in [0.25, 0.3) is 0 Å². The molecule has 6 amide bonds. The number of hydrogen-bond donors (Lipinski definition) is 9. The molecule has 1 heterocycles. The minimum absolute atomic E-state index is 0.152. The van der Waals surface area contributed by atoms with E-state index < -0.39 is 128 Å². The molecule has 22 nitrogen and oxygen atoms in total. The summed E-state index contributed by atoms with van der Waals surface area (Å²) in [4.78, 5) is 138. The number of carbonyl (C=O) groups is 11. The number of carboxylic acids is 3. The van der Waals surface area contributed by atoms with Crippen LogP contribution in [-0.4, -0.2) is 148 Å². The molecule has 22 heteroatoms. The van der Waals surface area contributed by atoms with E-state index in [0.29, 0.717) is 43.2 Å². The van der Waals surface area contributed by atoms with Crippen LogP contribution in [-0.2, 0) is 59.1 Å². The second-order valence-corrected chi connectivity index (χ2v) is 15.5. The average Bonchev–Trinajstić information content (AvgIpc) is 3.72. The summed E-state index contributed by atoms with van der Waals surface area (Å²) in [6, 6.07) is -1.37. The quantitative estimate of drug-likeness (QED) is 0.0255. The number of aldehydes is 1. The molecule has 0 bridgehead atoms. The normalized spacial score (nSPS) is 15.8. The van der Waals surface area contributed by atoms with E-state index in [4.69, 9.17) is 15.6 Å². The van der Waals surface area contributed by atoms with Crippen LogP contribution in [0.4, 0.5) is 0 Å². The molecule has 348 valence electrons. The van der Waals surface area contributed by atoms with Gasteiger partial charge < -0.3 is 62.1 Å². The number of carboxylic acid groups (broad SMARTS) is 3. The third-order valence-corrected chi connectivity index (χ3v) is 9.86. The minimum Gasteiger partial charge on any atom is -0.481 e. The molecular weight excluding hydrogens is 830 g/mol. The van der Waals surface area contributed by atoms with E-state index in [0.717, 1.165) is 0 Å². The van der Waals surface area contributed by atoms with Crippen molar-refractivity contribution in [2.45, 2.75) is 121 Å². The molecule has 1 aliphatic heterocycles. The van der Waals surface area contributed by atoms with E-state index >= 15 is 0 Å². The number of ketones is 1. The van der Waals surface area contributed by atoms with Gasteiger partial charge in [-0.2, -0.15) is 0 Å². The maximum atomic E-state index is 13.8.